The number of hydrogen-bond donors (Lipinski definition) is 0. The zero-order chi connectivity index (χ0) is 7.78. The predicted octanol–water partition coefficient (Wildman–Crippen LogP) is 1.94. The number of rotatable bonds is 1. The van der Waals surface area contributed by atoms with Crippen LogP contribution in [-0.2, 0) is 10.8 Å². The second kappa shape index (κ2) is 2.65. The van der Waals surface area contributed by atoms with Gasteiger partial charge < -0.3 is 0 Å². The van der Waals surface area contributed by atoms with E-state index in [2.05, 4.69) is 20.8 Å². The van der Waals surface area contributed by atoms with Crippen molar-refractivity contribution in [3.05, 3.63) is 0 Å². The van der Waals surface area contributed by atoms with Gasteiger partial charge in [0.05, 0.1) is 0 Å². The second-order valence-corrected chi connectivity index (χ2v) is 6.10. The maximum atomic E-state index is 11.0. The topological polar surface area (TPSA) is 17.1 Å². The lowest BCUT2D eigenvalue weighted by Gasteiger charge is -2.31. The van der Waals surface area contributed by atoms with Crippen molar-refractivity contribution in [3.8, 4) is 0 Å². The van der Waals surface area contributed by atoms with E-state index in [1.807, 2.05) is 0 Å². The standard InChI is InChI=1S/C8H16OS/c1-8(2,3)6-7-4-5-10(7)9/h7H,4-6H2,1-3H3. The Labute approximate surface area is 65.7 Å². The van der Waals surface area contributed by atoms with Crippen molar-refractivity contribution in [2.45, 2.75) is 38.9 Å². The molecule has 0 radical (unpaired) electrons. The molecule has 0 aliphatic carbocycles. The Bertz CT molecular complexity index is 146. The van der Waals surface area contributed by atoms with Crippen molar-refractivity contribution in [1.29, 1.82) is 0 Å². The van der Waals surface area contributed by atoms with Crippen molar-refractivity contribution < 1.29 is 4.21 Å². The van der Waals surface area contributed by atoms with Gasteiger partial charge in [0.15, 0.2) is 0 Å². The number of hydrogen-bond acceptors (Lipinski definition) is 1. The van der Waals surface area contributed by atoms with Crippen LogP contribution in [0, 0.1) is 5.41 Å². The van der Waals surface area contributed by atoms with Crippen LogP contribution in [0.1, 0.15) is 33.6 Å². The highest BCUT2D eigenvalue weighted by atomic mass is 32.2. The van der Waals surface area contributed by atoms with E-state index in [-0.39, 0.29) is 0 Å². The molecule has 0 amide bonds. The fourth-order valence-electron chi connectivity index (χ4n) is 1.26. The minimum absolute atomic E-state index is 0.362. The molecule has 60 valence electrons. The Morgan fingerprint density at radius 1 is 1.50 bits per heavy atom. The van der Waals surface area contributed by atoms with E-state index >= 15 is 0 Å². The maximum Gasteiger partial charge on any atom is 0.0361 e. The molecule has 0 aromatic heterocycles. The van der Waals surface area contributed by atoms with Gasteiger partial charge in [-0.1, -0.05) is 20.8 Å². The van der Waals surface area contributed by atoms with Crippen LogP contribution in [0.3, 0.4) is 0 Å². The highest BCUT2D eigenvalue weighted by Gasteiger charge is 2.30. The SMILES string of the molecule is CC(C)(C)CC1CCS1=O. The average Bonchev–Trinajstić information content (AvgIpc) is 1.78. The van der Waals surface area contributed by atoms with Crippen molar-refractivity contribution in [1.82, 2.24) is 0 Å². The predicted molar refractivity (Wildman–Crippen MR) is 45.5 cm³/mol. The molecule has 0 N–H and O–H groups in total. The van der Waals surface area contributed by atoms with Gasteiger partial charge in [-0.2, -0.15) is 0 Å². The van der Waals surface area contributed by atoms with Gasteiger partial charge in [-0.3, -0.25) is 4.21 Å². The Kier molecular flexibility index (Phi) is 2.18. The van der Waals surface area contributed by atoms with Crippen molar-refractivity contribution in [3.63, 3.8) is 0 Å². The Hall–Kier alpha value is 0.150. The van der Waals surface area contributed by atoms with Crippen LogP contribution in [-0.4, -0.2) is 15.2 Å². The van der Waals surface area contributed by atoms with Gasteiger partial charge >= 0.3 is 0 Å². The van der Waals surface area contributed by atoms with Crippen LogP contribution in [0.4, 0.5) is 0 Å². The van der Waals surface area contributed by atoms with Crippen LogP contribution < -0.4 is 0 Å². The first kappa shape index (κ1) is 8.25. The van der Waals surface area contributed by atoms with E-state index < -0.39 is 10.8 Å². The highest BCUT2D eigenvalue weighted by Crippen LogP contribution is 2.29. The van der Waals surface area contributed by atoms with E-state index in [4.69, 9.17) is 0 Å². The molecule has 0 bridgehead atoms. The van der Waals surface area contributed by atoms with Gasteiger partial charge in [0, 0.05) is 21.8 Å². The van der Waals surface area contributed by atoms with Crippen LogP contribution in [0.5, 0.6) is 0 Å². The zero-order valence-electron chi connectivity index (χ0n) is 7.02. The Morgan fingerprint density at radius 2 is 2.10 bits per heavy atom. The fourth-order valence-corrected chi connectivity index (χ4v) is 2.71. The first-order valence-corrected chi connectivity index (χ1v) is 5.24. The van der Waals surface area contributed by atoms with Crippen LogP contribution >= 0.6 is 0 Å². The summed E-state index contributed by atoms with van der Waals surface area (Å²) in [6, 6.07) is 0. The van der Waals surface area contributed by atoms with Crippen molar-refractivity contribution in [2.24, 2.45) is 5.41 Å². The Balaban J connectivity index is 2.32. The van der Waals surface area contributed by atoms with E-state index in [0.717, 1.165) is 12.2 Å². The molecule has 1 aliphatic heterocycles. The summed E-state index contributed by atoms with van der Waals surface area (Å²) in [6.07, 6.45) is 2.31. The van der Waals surface area contributed by atoms with E-state index in [1.54, 1.807) is 0 Å². The van der Waals surface area contributed by atoms with E-state index in [1.165, 1.54) is 6.42 Å². The first-order chi connectivity index (χ1) is 4.49. The van der Waals surface area contributed by atoms with Crippen molar-refractivity contribution >= 4 is 10.8 Å². The van der Waals surface area contributed by atoms with Gasteiger partial charge in [-0.05, 0) is 18.3 Å². The smallest absolute Gasteiger partial charge is 0.0361 e. The summed E-state index contributed by atoms with van der Waals surface area (Å²) in [4.78, 5) is 0. The molecule has 1 rings (SSSR count). The highest BCUT2D eigenvalue weighted by molar-refractivity contribution is 7.87. The average molecular weight is 160 g/mol. The van der Waals surface area contributed by atoms with Crippen LogP contribution in [0.15, 0.2) is 0 Å². The molecular formula is C8H16OS. The summed E-state index contributed by atoms with van der Waals surface area (Å²) in [5.41, 5.74) is 0.362. The molecule has 1 heterocycles. The molecule has 1 saturated heterocycles. The summed E-state index contributed by atoms with van der Waals surface area (Å²) < 4.78 is 11.0. The minimum Gasteiger partial charge on any atom is -0.259 e. The quantitative estimate of drug-likeness (QED) is 0.573. The molecule has 0 aromatic rings. The lowest BCUT2D eigenvalue weighted by molar-refractivity contribution is 0.360. The summed E-state index contributed by atoms with van der Waals surface area (Å²) in [7, 11) is -0.476. The lowest BCUT2D eigenvalue weighted by Crippen LogP contribution is -2.34. The van der Waals surface area contributed by atoms with Gasteiger partial charge in [-0.25, -0.2) is 0 Å². The fraction of sp³-hybridized carbons (Fsp3) is 1.00. The molecule has 0 saturated carbocycles. The lowest BCUT2D eigenvalue weighted by atomic mass is 9.89. The molecule has 0 aromatic carbocycles. The normalized spacial score (nSPS) is 33.5. The van der Waals surface area contributed by atoms with Gasteiger partial charge in [0.25, 0.3) is 0 Å². The molecule has 1 nitrogen and oxygen atoms in total. The minimum atomic E-state index is -0.476. The van der Waals surface area contributed by atoms with Gasteiger partial charge in [0.1, 0.15) is 0 Å². The maximum absolute atomic E-state index is 11.0. The molecule has 10 heavy (non-hydrogen) atoms. The van der Waals surface area contributed by atoms with E-state index in [9.17, 15) is 4.21 Å². The summed E-state index contributed by atoms with van der Waals surface area (Å²) in [5, 5.41) is 0.514. The zero-order valence-corrected chi connectivity index (χ0v) is 7.83. The van der Waals surface area contributed by atoms with Gasteiger partial charge in [-0.15, -0.1) is 0 Å². The summed E-state index contributed by atoms with van der Waals surface area (Å²) >= 11 is 0. The summed E-state index contributed by atoms with van der Waals surface area (Å²) in [6.45, 7) is 6.63. The van der Waals surface area contributed by atoms with Crippen LogP contribution in [0.25, 0.3) is 0 Å². The van der Waals surface area contributed by atoms with Crippen LogP contribution in [0.2, 0.25) is 0 Å². The monoisotopic (exact) mass is 160 g/mol. The molecular weight excluding hydrogens is 144 g/mol. The Morgan fingerprint density at radius 3 is 2.20 bits per heavy atom. The molecule has 1 aliphatic rings. The molecule has 2 unspecified atom stereocenters. The third-order valence-corrected chi connectivity index (χ3v) is 3.64. The van der Waals surface area contributed by atoms with Gasteiger partial charge in [0.2, 0.25) is 0 Å². The molecule has 2 heteroatoms. The third kappa shape index (κ3) is 2.08. The van der Waals surface area contributed by atoms with Crippen molar-refractivity contribution in [2.75, 3.05) is 5.75 Å². The third-order valence-electron chi connectivity index (χ3n) is 1.85. The molecule has 2 atom stereocenters. The molecule has 1 fully saturated rings. The largest absolute Gasteiger partial charge is 0.259 e. The second-order valence-electron chi connectivity index (χ2n) is 4.26. The van der Waals surface area contributed by atoms with E-state index in [0.29, 0.717) is 10.7 Å². The summed E-state index contributed by atoms with van der Waals surface area (Å²) in [5.74, 6) is 0.945. The molecule has 0 spiro atoms. The first-order valence-electron chi connectivity index (χ1n) is 3.86.